The van der Waals surface area contributed by atoms with E-state index < -0.39 is 12.1 Å². The van der Waals surface area contributed by atoms with Gasteiger partial charge < -0.3 is 10.2 Å². The Morgan fingerprint density at radius 3 is 2.59 bits per heavy atom. The first-order chi connectivity index (χ1) is 21.2. The number of rotatable bonds is 8. The highest BCUT2D eigenvalue weighted by molar-refractivity contribution is 7.16. The van der Waals surface area contributed by atoms with E-state index in [0.717, 1.165) is 4.83 Å². The van der Waals surface area contributed by atoms with E-state index in [1.54, 1.807) is 34.3 Å². The summed E-state index contributed by atoms with van der Waals surface area (Å²) in [4.78, 5) is 43.4. The van der Waals surface area contributed by atoms with Crippen LogP contribution in [0.4, 0.5) is 19.0 Å². The summed E-state index contributed by atoms with van der Waals surface area (Å²) in [5.41, 5.74) is 7.36. The van der Waals surface area contributed by atoms with E-state index in [1.165, 1.54) is 17.7 Å². The summed E-state index contributed by atoms with van der Waals surface area (Å²) in [6, 6.07) is 23.3. The van der Waals surface area contributed by atoms with Crippen molar-refractivity contribution in [3.63, 3.8) is 0 Å². The summed E-state index contributed by atoms with van der Waals surface area (Å²) >= 11 is 1.41. The number of pyridine rings is 1. The third-order valence-electron chi connectivity index (χ3n) is 6.93. The van der Waals surface area contributed by atoms with Gasteiger partial charge in [-0.25, -0.2) is 19.7 Å². The van der Waals surface area contributed by atoms with E-state index in [9.17, 15) is 22.8 Å². The minimum Gasteiger partial charge on any atom is -0.363 e. The summed E-state index contributed by atoms with van der Waals surface area (Å²) in [5.74, 6) is -1.78. The molecule has 13 heteroatoms. The van der Waals surface area contributed by atoms with Crippen LogP contribution in [0.5, 0.6) is 0 Å². The van der Waals surface area contributed by atoms with Gasteiger partial charge in [-0.05, 0) is 53.3 Å². The van der Waals surface area contributed by atoms with Gasteiger partial charge in [-0.3, -0.25) is 9.36 Å². The van der Waals surface area contributed by atoms with Crippen LogP contribution in [0, 0.1) is 0 Å². The SMILES string of the molecule is CC(Nc1ncnc2scnc12)c1cc2cccc(-c3cccc(CNOC(=O)C(F)(F)F)c3)c2c(=O)n1-c1ccccc1. The van der Waals surface area contributed by atoms with E-state index in [2.05, 4.69) is 30.6 Å². The van der Waals surface area contributed by atoms with Gasteiger partial charge in [0.25, 0.3) is 5.56 Å². The number of hydroxylamine groups is 1. The van der Waals surface area contributed by atoms with E-state index in [1.807, 2.05) is 61.5 Å². The molecule has 0 saturated heterocycles. The maximum Gasteiger partial charge on any atom is 0.492 e. The number of para-hydroxylation sites is 1. The fourth-order valence-corrected chi connectivity index (χ4v) is 5.58. The molecule has 0 bridgehead atoms. The Balaban J connectivity index is 1.42. The van der Waals surface area contributed by atoms with E-state index >= 15 is 0 Å². The zero-order valence-electron chi connectivity index (χ0n) is 23.0. The van der Waals surface area contributed by atoms with Crippen molar-refractivity contribution in [2.45, 2.75) is 25.7 Å². The predicted octanol–water partition coefficient (Wildman–Crippen LogP) is 6.34. The van der Waals surface area contributed by atoms with Gasteiger partial charge in [-0.1, -0.05) is 54.6 Å². The van der Waals surface area contributed by atoms with Crippen LogP contribution in [0.1, 0.15) is 24.2 Å². The van der Waals surface area contributed by atoms with Crippen LogP contribution in [0.15, 0.2) is 95.5 Å². The normalized spacial score (nSPS) is 12.4. The molecular formula is C31H23F3N6O3S. The topological polar surface area (TPSA) is 111 Å². The number of carbonyl (C=O) groups excluding carboxylic acids is 1. The molecule has 1 atom stereocenters. The van der Waals surface area contributed by atoms with Gasteiger partial charge in [-0.2, -0.15) is 13.2 Å². The Morgan fingerprint density at radius 1 is 1.00 bits per heavy atom. The lowest BCUT2D eigenvalue weighted by Crippen LogP contribution is -2.31. The van der Waals surface area contributed by atoms with Crippen LogP contribution in [0.25, 0.3) is 37.9 Å². The highest BCUT2D eigenvalue weighted by atomic mass is 32.1. The number of nitrogens with zero attached hydrogens (tertiary/aromatic N) is 4. The number of anilines is 1. The molecule has 0 radical (unpaired) electrons. The molecule has 0 aliphatic heterocycles. The summed E-state index contributed by atoms with van der Waals surface area (Å²) in [5, 5.41) is 4.56. The van der Waals surface area contributed by atoms with Crippen LogP contribution >= 0.6 is 11.3 Å². The van der Waals surface area contributed by atoms with Gasteiger partial charge in [0, 0.05) is 11.4 Å². The Bertz CT molecular complexity index is 2050. The number of aromatic nitrogens is 4. The number of benzene rings is 3. The number of halogens is 3. The molecule has 6 aromatic rings. The summed E-state index contributed by atoms with van der Waals surface area (Å²) in [6.07, 6.45) is -3.64. The molecule has 3 aromatic carbocycles. The van der Waals surface area contributed by atoms with Gasteiger partial charge >= 0.3 is 12.1 Å². The van der Waals surface area contributed by atoms with Crippen molar-refractivity contribution >= 4 is 44.2 Å². The number of thiazole rings is 1. The zero-order chi connectivity index (χ0) is 30.8. The molecule has 3 heterocycles. The van der Waals surface area contributed by atoms with E-state index in [-0.39, 0.29) is 18.1 Å². The van der Waals surface area contributed by atoms with E-state index in [0.29, 0.717) is 50.2 Å². The molecule has 0 saturated carbocycles. The van der Waals surface area contributed by atoms with Crippen molar-refractivity contribution in [2.75, 3.05) is 5.32 Å². The van der Waals surface area contributed by atoms with Gasteiger partial charge in [0.15, 0.2) is 5.82 Å². The molecule has 0 amide bonds. The first-order valence-electron chi connectivity index (χ1n) is 13.4. The van der Waals surface area contributed by atoms with E-state index in [4.69, 9.17) is 0 Å². The minimum atomic E-state index is -5.11. The third-order valence-corrected chi connectivity index (χ3v) is 7.66. The van der Waals surface area contributed by atoms with Crippen molar-refractivity contribution in [3.05, 3.63) is 112 Å². The van der Waals surface area contributed by atoms with Gasteiger partial charge in [0.1, 0.15) is 16.7 Å². The third kappa shape index (κ3) is 5.74. The van der Waals surface area contributed by atoms with Gasteiger partial charge in [0.05, 0.1) is 23.5 Å². The molecule has 44 heavy (non-hydrogen) atoms. The molecule has 1 unspecified atom stereocenters. The molecule has 2 N–H and O–H groups in total. The van der Waals surface area contributed by atoms with Crippen LogP contribution < -0.4 is 16.4 Å². The molecular weight excluding hydrogens is 593 g/mol. The number of alkyl halides is 3. The van der Waals surface area contributed by atoms with Crippen molar-refractivity contribution in [2.24, 2.45) is 0 Å². The second-order valence-electron chi connectivity index (χ2n) is 9.82. The smallest absolute Gasteiger partial charge is 0.363 e. The largest absolute Gasteiger partial charge is 0.492 e. The highest BCUT2D eigenvalue weighted by Gasteiger charge is 2.41. The summed E-state index contributed by atoms with van der Waals surface area (Å²) in [6.45, 7) is 1.77. The van der Waals surface area contributed by atoms with Crippen LogP contribution in [0.2, 0.25) is 0 Å². The van der Waals surface area contributed by atoms with Crippen molar-refractivity contribution < 1.29 is 22.8 Å². The van der Waals surface area contributed by atoms with Gasteiger partial charge in [-0.15, -0.1) is 16.8 Å². The average molecular weight is 617 g/mol. The maximum absolute atomic E-state index is 14.4. The Hall–Kier alpha value is -5.14. The lowest BCUT2D eigenvalue weighted by atomic mass is 9.96. The fourth-order valence-electron chi connectivity index (χ4n) is 4.96. The lowest BCUT2D eigenvalue weighted by molar-refractivity contribution is -0.207. The maximum atomic E-state index is 14.4. The molecule has 3 aromatic heterocycles. The number of hydrogen-bond acceptors (Lipinski definition) is 9. The predicted molar refractivity (Wildman–Crippen MR) is 161 cm³/mol. The van der Waals surface area contributed by atoms with Crippen molar-refractivity contribution in [1.29, 1.82) is 0 Å². The zero-order valence-corrected chi connectivity index (χ0v) is 23.8. The number of carbonyl (C=O) groups is 1. The first kappa shape index (κ1) is 29.0. The second kappa shape index (κ2) is 11.9. The quantitative estimate of drug-likeness (QED) is 0.191. The van der Waals surface area contributed by atoms with Gasteiger partial charge in [0.2, 0.25) is 0 Å². The number of nitrogens with one attached hydrogen (secondary N) is 2. The average Bonchev–Trinajstić information content (AvgIpc) is 3.51. The lowest BCUT2D eigenvalue weighted by Gasteiger charge is -2.22. The molecule has 0 spiro atoms. The Morgan fingerprint density at radius 2 is 1.80 bits per heavy atom. The van der Waals surface area contributed by atoms with Crippen molar-refractivity contribution in [1.82, 2.24) is 25.0 Å². The fraction of sp³-hybridized carbons (Fsp3) is 0.129. The molecule has 9 nitrogen and oxygen atoms in total. The minimum absolute atomic E-state index is 0.169. The molecule has 0 aliphatic rings. The van der Waals surface area contributed by atoms with Crippen molar-refractivity contribution in [3.8, 4) is 16.8 Å². The molecule has 0 aliphatic carbocycles. The molecule has 222 valence electrons. The number of fused-ring (bicyclic) bond motifs is 2. The second-order valence-corrected chi connectivity index (χ2v) is 10.7. The highest BCUT2D eigenvalue weighted by Crippen LogP contribution is 2.31. The van der Waals surface area contributed by atoms with Crippen LogP contribution in [0.3, 0.4) is 0 Å². The Kier molecular flexibility index (Phi) is 7.80. The summed E-state index contributed by atoms with van der Waals surface area (Å²) in [7, 11) is 0. The first-order valence-corrected chi connectivity index (χ1v) is 14.2. The monoisotopic (exact) mass is 616 g/mol. The van der Waals surface area contributed by atoms with Crippen LogP contribution in [-0.2, 0) is 16.2 Å². The standard InChI is InChI=1S/C31H23F3N6O3S/c1-18(39-27-26-28(36-16-35-27)44-17-37-26)24-14-21-9-6-12-23(25(21)29(41)40(24)22-10-3-2-4-11-22)20-8-5-7-19(13-20)15-38-43-30(42)31(32,33)34/h2-14,16-18,38H,15H2,1H3,(H,35,36,39). The molecule has 6 rings (SSSR count). The molecule has 0 fully saturated rings. The van der Waals surface area contributed by atoms with Crippen LogP contribution in [-0.4, -0.2) is 31.7 Å². The Labute approximate surface area is 252 Å². The summed E-state index contributed by atoms with van der Waals surface area (Å²) < 4.78 is 39.1. The number of hydrogen-bond donors (Lipinski definition) is 2.